The number of rotatable bonds is 7. The first-order valence-electron chi connectivity index (χ1n) is 5.64. The summed E-state index contributed by atoms with van der Waals surface area (Å²) in [5, 5.41) is 0. The van der Waals surface area contributed by atoms with Gasteiger partial charge in [0.2, 0.25) is 0 Å². The van der Waals surface area contributed by atoms with Gasteiger partial charge in [0.1, 0.15) is 0 Å². The van der Waals surface area contributed by atoms with E-state index in [4.69, 9.17) is 4.74 Å². The number of carbonyl (C=O) groups is 1. The third-order valence-corrected chi connectivity index (χ3v) is 2.84. The third-order valence-electron chi connectivity index (χ3n) is 2.84. The van der Waals surface area contributed by atoms with Crippen molar-refractivity contribution in [3.63, 3.8) is 0 Å². The number of nitrogens with zero attached hydrogens (tertiary/aromatic N) is 1. The molecule has 0 aromatic carbocycles. The monoisotopic (exact) mass is 231 g/mol. The summed E-state index contributed by atoms with van der Waals surface area (Å²) in [5.41, 5.74) is -0.108. The van der Waals surface area contributed by atoms with Gasteiger partial charge in [-0.25, -0.2) is 0 Å². The summed E-state index contributed by atoms with van der Waals surface area (Å²) in [5.74, 6) is -0.237. The Bertz CT molecular complexity index is 216. The fourth-order valence-electron chi connectivity index (χ4n) is 1.40. The molecule has 4 nitrogen and oxygen atoms in total. The van der Waals surface area contributed by atoms with E-state index in [0.717, 1.165) is 13.0 Å². The lowest BCUT2D eigenvalue weighted by molar-refractivity contribution is -0.145. The van der Waals surface area contributed by atoms with Gasteiger partial charge in [-0.1, -0.05) is 6.92 Å². The molecule has 1 atom stereocenters. The first-order chi connectivity index (χ1) is 7.32. The predicted molar refractivity (Wildman–Crippen MR) is 64.4 cm³/mol. The molecule has 0 rings (SSSR count). The van der Waals surface area contributed by atoms with Crippen LogP contribution in [0.1, 0.15) is 27.2 Å². The summed E-state index contributed by atoms with van der Waals surface area (Å²) in [4.78, 5) is 13.4. The number of hydrogen-bond acceptors (Lipinski definition) is 4. The van der Waals surface area contributed by atoms with Gasteiger partial charge in [-0.05, 0) is 27.3 Å². The lowest BCUT2D eigenvalue weighted by atomic mass is 10.0. The van der Waals surface area contributed by atoms with E-state index in [-0.39, 0.29) is 17.5 Å². The van der Waals surface area contributed by atoms with Gasteiger partial charge in [0.05, 0.1) is 18.6 Å². The van der Waals surface area contributed by atoms with Crippen molar-refractivity contribution in [1.82, 2.24) is 4.90 Å². The van der Waals surface area contributed by atoms with E-state index < -0.39 is 0 Å². The average Bonchev–Trinajstić information content (AvgIpc) is 2.25. The highest BCUT2D eigenvalue weighted by Crippen LogP contribution is 2.13. The topological polar surface area (TPSA) is 38.8 Å². The molecule has 0 aliphatic heterocycles. The predicted octanol–water partition coefficient (Wildman–Crippen LogP) is 1.54. The highest BCUT2D eigenvalue weighted by Gasteiger charge is 2.19. The van der Waals surface area contributed by atoms with E-state index in [2.05, 4.69) is 23.5 Å². The molecule has 0 aliphatic carbocycles. The van der Waals surface area contributed by atoms with Crippen LogP contribution in [0.25, 0.3) is 0 Å². The minimum Gasteiger partial charge on any atom is -0.469 e. The highest BCUT2D eigenvalue weighted by atomic mass is 16.5. The van der Waals surface area contributed by atoms with E-state index in [1.807, 2.05) is 14.0 Å². The molecule has 0 bridgehead atoms. The zero-order valence-corrected chi connectivity index (χ0v) is 11.4. The van der Waals surface area contributed by atoms with E-state index in [0.29, 0.717) is 6.54 Å². The van der Waals surface area contributed by atoms with Gasteiger partial charge in [0.15, 0.2) is 0 Å². The lowest BCUT2D eigenvalue weighted by Gasteiger charge is -2.27. The van der Waals surface area contributed by atoms with Crippen molar-refractivity contribution in [2.24, 2.45) is 5.92 Å². The van der Waals surface area contributed by atoms with Crippen LogP contribution in [-0.2, 0) is 14.3 Å². The minimum atomic E-state index is -0.155. The summed E-state index contributed by atoms with van der Waals surface area (Å²) in [6.45, 7) is 7.62. The lowest BCUT2D eigenvalue weighted by Crippen LogP contribution is -2.34. The molecule has 0 saturated heterocycles. The summed E-state index contributed by atoms with van der Waals surface area (Å²) in [6, 6.07) is 0. The van der Waals surface area contributed by atoms with Crippen LogP contribution >= 0.6 is 0 Å². The molecular formula is C12H25NO3. The molecule has 0 aromatic rings. The molecule has 0 spiro atoms. The van der Waals surface area contributed by atoms with Gasteiger partial charge in [-0.3, -0.25) is 4.79 Å². The maximum absolute atomic E-state index is 11.2. The van der Waals surface area contributed by atoms with Crippen molar-refractivity contribution in [2.45, 2.75) is 32.8 Å². The van der Waals surface area contributed by atoms with Crippen molar-refractivity contribution in [1.29, 1.82) is 0 Å². The molecule has 1 unspecified atom stereocenters. The second-order valence-electron chi connectivity index (χ2n) is 4.90. The summed E-state index contributed by atoms with van der Waals surface area (Å²) >= 11 is 0. The number of ether oxygens (including phenoxy) is 2. The van der Waals surface area contributed by atoms with Crippen LogP contribution in [0.2, 0.25) is 0 Å². The number of methoxy groups -OCH3 is 2. The van der Waals surface area contributed by atoms with Crippen LogP contribution in [0, 0.1) is 5.92 Å². The van der Waals surface area contributed by atoms with Crippen molar-refractivity contribution in [3.05, 3.63) is 0 Å². The summed E-state index contributed by atoms with van der Waals surface area (Å²) in [7, 11) is 5.15. The van der Waals surface area contributed by atoms with Gasteiger partial charge in [-0.2, -0.15) is 0 Å². The van der Waals surface area contributed by atoms with Gasteiger partial charge in [0.25, 0.3) is 0 Å². The first kappa shape index (κ1) is 15.4. The summed E-state index contributed by atoms with van der Waals surface area (Å²) < 4.78 is 10.0. The average molecular weight is 231 g/mol. The Labute approximate surface area is 98.9 Å². The zero-order valence-electron chi connectivity index (χ0n) is 11.4. The number of hydrogen-bond donors (Lipinski definition) is 0. The standard InChI is InChI=1S/C12H25NO3/c1-10(11(14)15-5)9-13(4)8-7-12(2,3)16-6/h10H,7-9H2,1-6H3. The Morgan fingerprint density at radius 1 is 1.38 bits per heavy atom. The van der Waals surface area contributed by atoms with Crippen LogP contribution in [-0.4, -0.2) is 50.8 Å². The van der Waals surface area contributed by atoms with Crippen LogP contribution < -0.4 is 0 Å². The molecule has 0 fully saturated rings. The van der Waals surface area contributed by atoms with Crippen molar-refractivity contribution in [3.8, 4) is 0 Å². The second kappa shape index (κ2) is 6.86. The Morgan fingerprint density at radius 2 is 1.94 bits per heavy atom. The van der Waals surface area contributed by atoms with Crippen LogP contribution in [0.4, 0.5) is 0 Å². The molecule has 0 aliphatic rings. The molecule has 16 heavy (non-hydrogen) atoms. The minimum absolute atomic E-state index is 0.0827. The number of carbonyl (C=O) groups excluding carboxylic acids is 1. The van der Waals surface area contributed by atoms with E-state index in [1.54, 1.807) is 7.11 Å². The second-order valence-corrected chi connectivity index (χ2v) is 4.90. The molecule has 0 N–H and O–H groups in total. The molecule has 4 heteroatoms. The van der Waals surface area contributed by atoms with Crippen molar-refractivity contribution >= 4 is 5.97 Å². The maximum Gasteiger partial charge on any atom is 0.309 e. The van der Waals surface area contributed by atoms with Gasteiger partial charge < -0.3 is 14.4 Å². The van der Waals surface area contributed by atoms with Crippen LogP contribution in [0.15, 0.2) is 0 Å². The van der Waals surface area contributed by atoms with Gasteiger partial charge in [0, 0.05) is 20.2 Å². The van der Waals surface area contributed by atoms with Crippen molar-refractivity contribution in [2.75, 3.05) is 34.4 Å². The Kier molecular flexibility index (Phi) is 6.60. The highest BCUT2D eigenvalue weighted by molar-refractivity contribution is 5.71. The third kappa shape index (κ3) is 6.08. The van der Waals surface area contributed by atoms with Crippen LogP contribution in [0.3, 0.4) is 0 Å². The molecule has 0 saturated carbocycles. The normalized spacial score (nSPS) is 13.9. The molecule has 0 radical (unpaired) electrons. The zero-order chi connectivity index (χ0) is 12.8. The fraction of sp³-hybridized carbons (Fsp3) is 0.917. The molecule has 96 valence electrons. The Hall–Kier alpha value is -0.610. The van der Waals surface area contributed by atoms with Crippen LogP contribution in [0.5, 0.6) is 0 Å². The fourth-order valence-corrected chi connectivity index (χ4v) is 1.40. The Morgan fingerprint density at radius 3 is 2.38 bits per heavy atom. The quantitative estimate of drug-likeness (QED) is 0.623. The van der Waals surface area contributed by atoms with Gasteiger partial charge in [-0.15, -0.1) is 0 Å². The molecule has 0 aromatic heterocycles. The first-order valence-corrected chi connectivity index (χ1v) is 5.64. The summed E-state index contributed by atoms with van der Waals surface area (Å²) in [6.07, 6.45) is 0.938. The van der Waals surface area contributed by atoms with Crippen molar-refractivity contribution < 1.29 is 14.3 Å². The van der Waals surface area contributed by atoms with Gasteiger partial charge >= 0.3 is 5.97 Å². The largest absolute Gasteiger partial charge is 0.469 e. The maximum atomic E-state index is 11.2. The number of esters is 1. The van der Waals surface area contributed by atoms with E-state index in [1.165, 1.54) is 7.11 Å². The SMILES string of the molecule is COC(=O)C(C)CN(C)CCC(C)(C)OC. The Balaban J connectivity index is 3.91. The smallest absolute Gasteiger partial charge is 0.309 e. The van der Waals surface area contributed by atoms with E-state index in [9.17, 15) is 4.79 Å². The van der Waals surface area contributed by atoms with E-state index >= 15 is 0 Å². The molecule has 0 heterocycles. The molecular weight excluding hydrogens is 206 g/mol. The molecule has 0 amide bonds.